The number of nitriles is 1. The van der Waals surface area contributed by atoms with Gasteiger partial charge in [0.25, 0.3) is 0 Å². The highest BCUT2D eigenvalue weighted by molar-refractivity contribution is 5.47. The topological polar surface area (TPSA) is 33.0 Å². The van der Waals surface area contributed by atoms with E-state index in [-0.39, 0.29) is 16.7 Å². The van der Waals surface area contributed by atoms with E-state index in [1.54, 1.807) is 0 Å². The molecule has 0 amide bonds. The van der Waals surface area contributed by atoms with E-state index in [1.807, 2.05) is 13.8 Å². The van der Waals surface area contributed by atoms with Gasteiger partial charge in [-0.2, -0.15) is 5.26 Å². The van der Waals surface area contributed by atoms with E-state index in [1.165, 1.54) is 7.11 Å². The molecule has 1 saturated carbocycles. The Morgan fingerprint density at radius 1 is 1.29 bits per heavy atom. The van der Waals surface area contributed by atoms with E-state index < -0.39 is 17.0 Å². The Morgan fingerprint density at radius 2 is 1.88 bits per heavy atom. The molecule has 1 aliphatic carbocycles. The predicted octanol–water partition coefficient (Wildman–Crippen LogP) is 3.16. The van der Waals surface area contributed by atoms with E-state index in [2.05, 4.69) is 6.07 Å². The van der Waals surface area contributed by atoms with Crippen LogP contribution in [-0.4, -0.2) is 7.11 Å². The average Bonchev–Trinajstić information content (AvgIpc) is 2.85. The maximum absolute atomic E-state index is 13.9. The van der Waals surface area contributed by atoms with Crippen molar-refractivity contribution < 1.29 is 13.5 Å². The van der Waals surface area contributed by atoms with Gasteiger partial charge in [-0.1, -0.05) is 13.8 Å². The van der Waals surface area contributed by atoms with Crippen LogP contribution in [-0.2, 0) is 5.41 Å². The molecule has 0 aromatic heterocycles. The summed E-state index contributed by atoms with van der Waals surface area (Å²) in [6.07, 6.45) is 0.541. The molecule has 0 spiro atoms. The van der Waals surface area contributed by atoms with Crippen LogP contribution < -0.4 is 4.74 Å². The molecule has 0 N–H and O–H groups in total. The summed E-state index contributed by atoms with van der Waals surface area (Å²) in [7, 11) is 1.28. The molecular weight excluding hydrogens is 224 g/mol. The molecule has 1 fully saturated rings. The SMILES string of the molecule is COc1cc(F)c(C2(C#N)CC2(C)C)cc1F. The lowest BCUT2D eigenvalue weighted by atomic mass is 9.89. The second-order valence-electron chi connectivity index (χ2n) is 5.04. The van der Waals surface area contributed by atoms with Crippen LogP contribution >= 0.6 is 0 Å². The Kier molecular flexibility index (Phi) is 2.39. The molecule has 90 valence electrons. The van der Waals surface area contributed by atoms with Gasteiger partial charge in [0, 0.05) is 11.6 Å². The normalized spacial score (nSPS) is 25.2. The van der Waals surface area contributed by atoms with Crippen LogP contribution in [0.4, 0.5) is 8.78 Å². The summed E-state index contributed by atoms with van der Waals surface area (Å²) < 4.78 is 32.2. The van der Waals surface area contributed by atoms with Crippen LogP contribution in [0.2, 0.25) is 0 Å². The zero-order valence-corrected chi connectivity index (χ0v) is 9.97. The van der Waals surface area contributed by atoms with E-state index in [0.29, 0.717) is 6.42 Å². The minimum atomic E-state index is -0.913. The maximum Gasteiger partial charge on any atom is 0.165 e. The summed E-state index contributed by atoms with van der Waals surface area (Å²) in [5, 5.41) is 9.22. The van der Waals surface area contributed by atoms with Crippen LogP contribution in [0.25, 0.3) is 0 Å². The summed E-state index contributed by atoms with van der Waals surface area (Å²) in [6, 6.07) is 4.19. The minimum Gasteiger partial charge on any atom is -0.494 e. The van der Waals surface area contributed by atoms with Gasteiger partial charge in [0.2, 0.25) is 0 Å². The molecule has 0 heterocycles. The van der Waals surface area contributed by atoms with Crippen LogP contribution in [0, 0.1) is 28.4 Å². The standard InChI is InChI=1S/C13H13F2NO/c1-12(2)6-13(12,7-16)8-4-10(15)11(17-3)5-9(8)14/h4-5H,6H2,1-3H3. The summed E-state index contributed by atoms with van der Waals surface area (Å²) in [6.45, 7) is 3.75. The van der Waals surface area contributed by atoms with Crippen LogP contribution in [0.5, 0.6) is 5.75 Å². The highest BCUT2D eigenvalue weighted by Gasteiger charge is 2.64. The molecule has 0 radical (unpaired) electrons. The lowest BCUT2D eigenvalue weighted by molar-refractivity contribution is 0.380. The van der Waals surface area contributed by atoms with Crippen LogP contribution in [0.1, 0.15) is 25.8 Å². The summed E-state index contributed by atoms with van der Waals surface area (Å²) in [4.78, 5) is 0. The van der Waals surface area contributed by atoms with Gasteiger partial charge in [-0.05, 0) is 17.9 Å². The van der Waals surface area contributed by atoms with Gasteiger partial charge in [0.05, 0.1) is 18.6 Å². The van der Waals surface area contributed by atoms with Gasteiger partial charge in [-0.15, -0.1) is 0 Å². The number of benzene rings is 1. The first-order chi connectivity index (χ1) is 7.88. The van der Waals surface area contributed by atoms with Crippen molar-refractivity contribution in [1.29, 1.82) is 5.26 Å². The fourth-order valence-corrected chi connectivity index (χ4v) is 2.34. The molecular formula is C13H13F2NO. The molecule has 17 heavy (non-hydrogen) atoms. The molecule has 0 aliphatic heterocycles. The third-order valence-corrected chi connectivity index (χ3v) is 3.63. The van der Waals surface area contributed by atoms with E-state index in [4.69, 9.17) is 4.74 Å². The fourth-order valence-electron chi connectivity index (χ4n) is 2.34. The summed E-state index contributed by atoms with van der Waals surface area (Å²) >= 11 is 0. The molecule has 1 aromatic carbocycles. The second-order valence-corrected chi connectivity index (χ2v) is 5.04. The van der Waals surface area contributed by atoms with Gasteiger partial charge in [0.15, 0.2) is 11.6 Å². The van der Waals surface area contributed by atoms with E-state index in [9.17, 15) is 14.0 Å². The van der Waals surface area contributed by atoms with Gasteiger partial charge >= 0.3 is 0 Å². The first-order valence-electron chi connectivity index (χ1n) is 5.33. The molecule has 1 aliphatic rings. The monoisotopic (exact) mass is 237 g/mol. The van der Waals surface area contributed by atoms with Crippen LogP contribution in [0.15, 0.2) is 12.1 Å². The quantitative estimate of drug-likeness (QED) is 0.791. The highest BCUT2D eigenvalue weighted by atomic mass is 19.1. The van der Waals surface area contributed by atoms with Crippen molar-refractivity contribution in [3.63, 3.8) is 0 Å². The lowest BCUT2D eigenvalue weighted by Crippen LogP contribution is -2.14. The molecule has 4 heteroatoms. The van der Waals surface area contributed by atoms with Gasteiger partial charge in [0.1, 0.15) is 5.82 Å². The summed E-state index contributed by atoms with van der Waals surface area (Å²) in [5.41, 5.74) is -1.10. The highest BCUT2D eigenvalue weighted by Crippen LogP contribution is 2.64. The van der Waals surface area contributed by atoms with Crippen molar-refractivity contribution in [3.05, 3.63) is 29.3 Å². The van der Waals surface area contributed by atoms with Crippen molar-refractivity contribution >= 4 is 0 Å². The third kappa shape index (κ3) is 1.49. The number of hydrogen-bond donors (Lipinski definition) is 0. The Bertz CT molecular complexity index is 519. The molecule has 1 unspecified atom stereocenters. The largest absolute Gasteiger partial charge is 0.494 e. The molecule has 0 saturated heterocycles. The first-order valence-corrected chi connectivity index (χ1v) is 5.33. The maximum atomic E-state index is 13.9. The molecule has 1 aromatic rings. The molecule has 2 nitrogen and oxygen atoms in total. The number of ether oxygens (including phenoxy) is 1. The smallest absolute Gasteiger partial charge is 0.165 e. The second kappa shape index (κ2) is 3.43. The van der Waals surface area contributed by atoms with Crippen molar-refractivity contribution in [2.45, 2.75) is 25.7 Å². The van der Waals surface area contributed by atoms with Gasteiger partial charge in [-0.3, -0.25) is 0 Å². The lowest BCUT2D eigenvalue weighted by Gasteiger charge is -2.14. The van der Waals surface area contributed by atoms with Gasteiger partial charge in [-0.25, -0.2) is 8.78 Å². The number of methoxy groups -OCH3 is 1. The third-order valence-electron chi connectivity index (χ3n) is 3.63. The number of nitrogens with zero attached hydrogens (tertiary/aromatic N) is 1. The Balaban J connectivity index is 2.56. The predicted molar refractivity (Wildman–Crippen MR) is 58.6 cm³/mol. The molecule has 2 rings (SSSR count). The molecule has 1 atom stereocenters. The van der Waals surface area contributed by atoms with Crippen molar-refractivity contribution in [1.82, 2.24) is 0 Å². The zero-order chi connectivity index (χ0) is 12.8. The van der Waals surface area contributed by atoms with Crippen molar-refractivity contribution in [2.24, 2.45) is 5.41 Å². The van der Waals surface area contributed by atoms with Crippen LogP contribution in [0.3, 0.4) is 0 Å². The molecule has 0 bridgehead atoms. The zero-order valence-electron chi connectivity index (χ0n) is 9.97. The summed E-state index contributed by atoms with van der Waals surface area (Å²) in [5.74, 6) is -1.37. The van der Waals surface area contributed by atoms with Gasteiger partial charge < -0.3 is 4.74 Å². The Labute approximate surface area is 98.8 Å². The van der Waals surface area contributed by atoms with E-state index in [0.717, 1.165) is 12.1 Å². The fraction of sp³-hybridized carbons (Fsp3) is 0.462. The number of halogens is 2. The van der Waals surface area contributed by atoms with Crippen molar-refractivity contribution in [3.8, 4) is 11.8 Å². The van der Waals surface area contributed by atoms with Crippen molar-refractivity contribution in [2.75, 3.05) is 7.11 Å². The minimum absolute atomic E-state index is 0.128. The number of rotatable bonds is 2. The Hall–Kier alpha value is -1.63. The number of hydrogen-bond acceptors (Lipinski definition) is 2. The van der Waals surface area contributed by atoms with E-state index >= 15 is 0 Å². The first kappa shape index (κ1) is 11.8. The Morgan fingerprint density at radius 3 is 2.29 bits per heavy atom. The average molecular weight is 237 g/mol.